The van der Waals surface area contributed by atoms with Crippen molar-refractivity contribution in [2.75, 3.05) is 20.2 Å². The maximum atomic E-state index is 11.9. The van der Waals surface area contributed by atoms with Gasteiger partial charge in [0.05, 0.1) is 0 Å². The minimum absolute atomic E-state index is 0.00131. The zero-order valence-corrected chi connectivity index (χ0v) is 11.5. The summed E-state index contributed by atoms with van der Waals surface area (Å²) in [6.07, 6.45) is 1.94. The maximum Gasteiger partial charge on any atom is 0.279 e. The van der Waals surface area contributed by atoms with E-state index in [0.717, 1.165) is 12.8 Å². The quantitative estimate of drug-likeness (QED) is 0.668. The average molecular weight is 252 g/mol. The number of hydrogen-bond donors (Lipinski definition) is 2. The molecule has 0 rings (SSSR count). The Morgan fingerprint density at radius 2 is 1.81 bits per heavy atom. The molecular formula is C10H24N2O3S. The van der Waals surface area contributed by atoms with Crippen LogP contribution >= 0.6 is 0 Å². The highest BCUT2D eigenvalue weighted by Crippen LogP contribution is 2.15. The van der Waals surface area contributed by atoms with Crippen molar-refractivity contribution in [3.63, 3.8) is 0 Å². The van der Waals surface area contributed by atoms with Gasteiger partial charge in [-0.25, -0.2) is 0 Å². The topological polar surface area (TPSA) is 69.6 Å². The summed E-state index contributed by atoms with van der Waals surface area (Å²) in [5, 5.41) is 8.66. The van der Waals surface area contributed by atoms with Crippen molar-refractivity contribution in [3.8, 4) is 0 Å². The van der Waals surface area contributed by atoms with E-state index in [9.17, 15) is 8.42 Å². The number of rotatable bonds is 8. The second kappa shape index (κ2) is 6.54. The van der Waals surface area contributed by atoms with E-state index in [1.807, 2.05) is 20.8 Å². The lowest BCUT2D eigenvalue weighted by molar-refractivity contribution is 0.273. The Bertz CT molecular complexity index is 286. The molecule has 0 radical (unpaired) electrons. The van der Waals surface area contributed by atoms with Gasteiger partial charge in [0.25, 0.3) is 10.2 Å². The fourth-order valence-corrected chi connectivity index (χ4v) is 2.63. The monoisotopic (exact) mass is 252 g/mol. The van der Waals surface area contributed by atoms with Gasteiger partial charge in [-0.1, -0.05) is 13.8 Å². The van der Waals surface area contributed by atoms with E-state index in [0.29, 0.717) is 13.0 Å². The van der Waals surface area contributed by atoms with Crippen molar-refractivity contribution >= 4 is 10.2 Å². The van der Waals surface area contributed by atoms with Gasteiger partial charge < -0.3 is 5.11 Å². The van der Waals surface area contributed by atoms with Crippen molar-refractivity contribution in [3.05, 3.63) is 0 Å². The molecular weight excluding hydrogens is 228 g/mol. The first-order valence-electron chi connectivity index (χ1n) is 5.67. The Hall–Kier alpha value is -0.170. The van der Waals surface area contributed by atoms with Crippen LogP contribution in [0.1, 0.15) is 40.0 Å². The van der Waals surface area contributed by atoms with Crippen LogP contribution in [0.5, 0.6) is 0 Å². The van der Waals surface area contributed by atoms with E-state index in [1.165, 1.54) is 11.4 Å². The van der Waals surface area contributed by atoms with E-state index < -0.39 is 15.7 Å². The molecule has 0 aliphatic heterocycles. The van der Waals surface area contributed by atoms with Crippen LogP contribution in [0.2, 0.25) is 0 Å². The molecule has 98 valence electrons. The van der Waals surface area contributed by atoms with Crippen LogP contribution in [0.3, 0.4) is 0 Å². The summed E-state index contributed by atoms with van der Waals surface area (Å²) in [6.45, 7) is 6.14. The molecule has 6 heteroatoms. The van der Waals surface area contributed by atoms with E-state index in [-0.39, 0.29) is 6.61 Å². The van der Waals surface area contributed by atoms with Gasteiger partial charge in [0.15, 0.2) is 0 Å². The van der Waals surface area contributed by atoms with Gasteiger partial charge in [-0.15, -0.1) is 0 Å². The molecule has 0 saturated carbocycles. The van der Waals surface area contributed by atoms with Gasteiger partial charge in [0, 0.05) is 25.7 Å². The van der Waals surface area contributed by atoms with E-state index in [2.05, 4.69) is 4.72 Å². The first-order chi connectivity index (χ1) is 7.31. The molecule has 0 atom stereocenters. The summed E-state index contributed by atoms with van der Waals surface area (Å²) in [7, 11) is -1.92. The fourth-order valence-electron chi connectivity index (χ4n) is 1.20. The number of aliphatic hydroxyl groups excluding tert-OH is 1. The molecule has 0 aromatic rings. The van der Waals surface area contributed by atoms with Crippen molar-refractivity contribution in [1.82, 2.24) is 9.03 Å². The predicted molar refractivity (Wildman–Crippen MR) is 65.4 cm³/mol. The maximum absolute atomic E-state index is 11.9. The van der Waals surface area contributed by atoms with Gasteiger partial charge in [-0.05, 0) is 26.2 Å². The standard InChI is InChI=1S/C10H24N2O3S/c1-5-10(3,6-2)11-16(14,15)12(4)8-7-9-13/h11,13H,5-9H2,1-4H3. The SMILES string of the molecule is CCC(C)(CC)NS(=O)(=O)N(C)CCCO. The van der Waals surface area contributed by atoms with Crippen molar-refractivity contribution in [1.29, 1.82) is 0 Å². The Balaban J connectivity index is 4.55. The largest absolute Gasteiger partial charge is 0.396 e. The van der Waals surface area contributed by atoms with Crippen LogP contribution in [-0.2, 0) is 10.2 Å². The third-order valence-electron chi connectivity index (χ3n) is 2.98. The highest BCUT2D eigenvalue weighted by molar-refractivity contribution is 7.87. The number of nitrogens with zero attached hydrogens (tertiary/aromatic N) is 1. The molecule has 0 aliphatic rings. The van der Waals surface area contributed by atoms with Crippen LogP contribution in [0.4, 0.5) is 0 Å². The lowest BCUT2D eigenvalue weighted by Crippen LogP contribution is -2.50. The Morgan fingerprint density at radius 3 is 2.19 bits per heavy atom. The Kier molecular flexibility index (Phi) is 6.47. The normalized spacial score (nSPS) is 13.4. The molecule has 0 fully saturated rings. The zero-order chi connectivity index (χ0) is 12.8. The molecule has 0 heterocycles. The first-order valence-corrected chi connectivity index (χ1v) is 7.11. The molecule has 0 amide bonds. The number of aliphatic hydroxyl groups is 1. The molecule has 0 spiro atoms. The summed E-state index contributed by atoms with van der Waals surface area (Å²) in [5.74, 6) is 0. The molecule has 16 heavy (non-hydrogen) atoms. The summed E-state index contributed by atoms with van der Waals surface area (Å²) < 4.78 is 27.7. The van der Waals surface area contributed by atoms with E-state index >= 15 is 0 Å². The minimum Gasteiger partial charge on any atom is -0.396 e. The molecule has 5 nitrogen and oxygen atoms in total. The smallest absolute Gasteiger partial charge is 0.279 e. The van der Waals surface area contributed by atoms with E-state index in [4.69, 9.17) is 5.11 Å². The second-order valence-corrected chi connectivity index (χ2v) is 6.05. The van der Waals surface area contributed by atoms with Crippen molar-refractivity contribution in [2.45, 2.75) is 45.6 Å². The Morgan fingerprint density at radius 1 is 1.31 bits per heavy atom. The summed E-state index contributed by atoms with van der Waals surface area (Å²) >= 11 is 0. The number of hydrogen-bond acceptors (Lipinski definition) is 3. The molecule has 0 unspecified atom stereocenters. The molecule has 2 N–H and O–H groups in total. The third kappa shape index (κ3) is 4.78. The molecule has 0 bridgehead atoms. The molecule has 0 aromatic heterocycles. The lowest BCUT2D eigenvalue weighted by atomic mass is 9.98. The highest BCUT2D eigenvalue weighted by Gasteiger charge is 2.28. The molecule has 0 aromatic carbocycles. The van der Waals surface area contributed by atoms with Crippen LogP contribution < -0.4 is 4.72 Å². The van der Waals surface area contributed by atoms with Crippen LogP contribution in [0.15, 0.2) is 0 Å². The fraction of sp³-hybridized carbons (Fsp3) is 1.00. The summed E-state index contributed by atoms with van der Waals surface area (Å²) in [5.41, 5.74) is -0.397. The second-order valence-electron chi connectivity index (χ2n) is 4.27. The molecule has 0 aliphatic carbocycles. The number of nitrogens with one attached hydrogen (secondary N) is 1. The first kappa shape index (κ1) is 15.8. The van der Waals surface area contributed by atoms with Crippen molar-refractivity contribution < 1.29 is 13.5 Å². The van der Waals surface area contributed by atoms with Gasteiger partial charge >= 0.3 is 0 Å². The van der Waals surface area contributed by atoms with Crippen molar-refractivity contribution in [2.24, 2.45) is 0 Å². The van der Waals surface area contributed by atoms with Crippen LogP contribution in [-0.4, -0.2) is 43.6 Å². The summed E-state index contributed by atoms with van der Waals surface area (Å²) in [4.78, 5) is 0. The predicted octanol–water partition coefficient (Wildman–Crippen LogP) is 0.714. The third-order valence-corrected chi connectivity index (χ3v) is 4.73. The van der Waals surface area contributed by atoms with E-state index in [1.54, 1.807) is 0 Å². The van der Waals surface area contributed by atoms with Gasteiger partial charge in [0.2, 0.25) is 0 Å². The van der Waals surface area contributed by atoms with Gasteiger partial charge in [-0.3, -0.25) is 0 Å². The minimum atomic E-state index is -3.44. The molecule has 0 saturated heterocycles. The van der Waals surface area contributed by atoms with Gasteiger partial charge in [-0.2, -0.15) is 17.4 Å². The summed E-state index contributed by atoms with van der Waals surface area (Å²) in [6, 6.07) is 0. The lowest BCUT2D eigenvalue weighted by Gasteiger charge is -2.30. The van der Waals surface area contributed by atoms with Crippen LogP contribution in [0.25, 0.3) is 0 Å². The average Bonchev–Trinajstić information content (AvgIpc) is 2.24. The highest BCUT2D eigenvalue weighted by atomic mass is 32.2. The Labute approximate surface area is 99.0 Å². The van der Waals surface area contributed by atoms with Gasteiger partial charge in [0.1, 0.15) is 0 Å². The zero-order valence-electron chi connectivity index (χ0n) is 10.7. The van der Waals surface area contributed by atoms with Crippen LogP contribution in [0, 0.1) is 0 Å².